The number of nitro groups is 1. The molecule has 22 heavy (non-hydrogen) atoms. The lowest BCUT2D eigenvalue weighted by Crippen LogP contribution is -2.45. The molecule has 1 N–H and O–H groups in total. The minimum absolute atomic E-state index is 0.114. The Balaban J connectivity index is 2.19. The maximum absolute atomic E-state index is 12.5. The number of carbonyl (C=O) groups is 2. The average Bonchev–Trinajstić information content (AvgIpc) is 2.45. The smallest absolute Gasteiger partial charge is 0.306 e. The SMILES string of the molecule is Cc1cc(C(=O)N2CCC(C(=O)O)C(C)C2)cc([N+](=O)[O-])c1. The third-order valence-electron chi connectivity index (χ3n) is 4.03. The van der Waals surface area contributed by atoms with E-state index in [1.54, 1.807) is 24.8 Å². The predicted octanol–water partition coefficient (Wildman–Crippen LogP) is 2.09. The van der Waals surface area contributed by atoms with Crippen molar-refractivity contribution in [3.63, 3.8) is 0 Å². The van der Waals surface area contributed by atoms with Crippen LogP contribution in [-0.4, -0.2) is 39.9 Å². The molecule has 118 valence electrons. The second-order valence-electron chi connectivity index (χ2n) is 5.78. The van der Waals surface area contributed by atoms with Crippen LogP contribution in [0.5, 0.6) is 0 Å². The zero-order valence-electron chi connectivity index (χ0n) is 12.5. The van der Waals surface area contributed by atoms with E-state index in [1.165, 1.54) is 12.1 Å². The first kappa shape index (κ1) is 15.9. The van der Waals surface area contributed by atoms with Crippen molar-refractivity contribution in [3.8, 4) is 0 Å². The second kappa shape index (κ2) is 6.13. The van der Waals surface area contributed by atoms with Gasteiger partial charge in [-0.25, -0.2) is 0 Å². The van der Waals surface area contributed by atoms with E-state index in [-0.39, 0.29) is 23.1 Å². The van der Waals surface area contributed by atoms with Gasteiger partial charge in [-0.2, -0.15) is 0 Å². The molecular formula is C15H18N2O5. The van der Waals surface area contributed by atoms with Gasteiger partial charge in [-0.05, 0) is 30.9 Å². The molecule has 0 aromatic heterocycles. The number of carboxylic acid groups (broad SMARTS) is 1. The Kier molecular flexibility index (Phi) is 4.44. The minimum Gasteiger partial charge on any atom is -0.481 e. The van der Waals surface area contributed by atoms with Crippen LogP contribution < -0.4 is 0 Å². The van der Waals surface area contributed by atoms with Gasteiger partial charge in [-0.1, -0.05) is 6.92 Å². The van der Waals surface area contributed by atoms with Crippen molar-refractivity contribution >= 4 is 17.6 Å². The van der Waals surface area contributed by atoms with E-state index < -0.39 is 16.8 Å². The number of aliphatic carboxylic acids is 1. The Bertz CT molecular complexity index is 628. The van der Waals surface area contributed by atoms with E-state index in [0.29, 0.717) is 25.1 Å². The van der Waals surface area contributed by atoms with Crippen molar-refractivity contribution in [1.82, 2.24) is 4.90 Å². The molecule has 2 rings (SSSR count). The summed E-state index contributed by atoms with van der Waals surface area (Å²) in [5.74, 6) is -1.72. The monoisotopic (exact) mass is 306 g/mol. The maximum Gasteiger partial charge on any atom is 0.306 e. The maximum atomic E-state index is 12.5. The first-order valence-corrected chi connectivity index (χ1v) is 7.07. The molecule has 1 heterocycles. The van der Waals surface area contributed by atoms with Gasteiger partial charge in [0.25, 0.3) is 11.6 Å². The number of carbonyl (C=O) groups excluding carboxylic acids is 1. The molecule has 0 aliphatic carbocycles. The molecule has 0 bridgehead atoms. The van der Waals surface area contributed by atoms with Gasteiger partial charge in [0.2, 0.25) is 0 Å². The first-order chi connectivity index (χ1) is 10.3. The highest BCUT2D eigenvalue weighted by Gasteiger charge is 2.33. The van der Waals surface area contributed by atoms with Gasteiger partial charge in [0.1, 0.15) is 0 Å². The van der Waals surface area contributed by atoms with Crippen molar-refractivity contribution in [2.75, 3.05) is 13.1 Å². The fraction of sp³-hybridized carbons (Fsp3) is 0.467. The summed E-state index contributed by atoms with van der Waals surface area (Å²) >= 11 is 0. The predicted molar refractivity (Wildman–Crippen MR) is 78.6 cm³/mol. The van der Waals surface area contributed by atoms with Crippen LogP contribution in [0.3, 0.4) is 0 Å². The molecule has 1 aliphatic rings. The highest BCUT2D eigenvalue weighted by molar-refractivity contribution is 5.95. The molecule has 7 nitrogen and oxygen atoms in total. The van der Waals surface area contributed by atoms with Crippen LogP contribution >= 0.6 is 0 Å². The van der Waals surface area contributed by atoms with Crippen LogP contribution in [0.1, 0.15) is 29.3 Å². The van der Waals surface area contributed by atoms with E-state index in [0.717, 1.165) is 0 Å². The number of nitro benzene ring substituents is 1. The summed E-state index contributed by atoms with van der Waals surface area (Å²) in [7, 11) is 0. The number of nitrogens with zero attached hydrogens (tertiary/aromatic N) is 2. The fourth-order valence-corrected chi connectivity index (χ4v) is 2.87. The Morgan fingerprint density at radius 2 is 2.05 bits per heavy atom. The summed E-state index contributed by atoms with van der Waals surface area (Å²) in [4.78, 5) is 35.5. The zero-order valence-corrected chi connectivity index (χ0v) is 12.5. The van der Waals surface area contributed by atoms with Crippen molar-refractivity contribution in [2.24, 2.45) is 11.8 Å². The molecule has 2 atom stereocenters. The molecule has 0 spiro atoms. The highest BCUT2D eigenvalue weighted by Crippen LogP contribution is 2.26. The van der Waals surface area contributed by atoms with Gasteiger partial charge in [0.15, 0.2) is 0 Å². The van der Waals surface area contributed by atoms with E-state index >= 15 is 0 Å². The van der Waals surface area contributed by atoms with Gasteiger partial charge in [-0.3, -0.25) is 19.7 Å². The lowest BCUT2D eigenvalue weighted by molar-refractivity contribution is -0.384. The number of piperidine rings is 1. The Labute approximate surface area is 127 Å². The van der Waals surface area contributed by atoms with Crippen molar-refractivity contribution < 1.29 is 19.6 Å². The zero-order chi connectivity index (χ0) is 16.4. The van der Waals surface area contributed by atoms with Gasteiger partial charge >= 0.3 is 5.97 Å². The third-order valence-corrected chi connectivity index (χ3v) is 4.03. The Hall–Kier alpha value is -2.44. The largest absolute Gasteiger partial charge is 0.481 e. The summed E-state index contributed by atoms with van der Waals surface area (Å²) < 4.78 is 0. The molecule has 1 amide bonds. The molecule has 1 aromatic carbocycles. The number of non-ortho nitro benzene ring substituents is 1. The van der Waals surface area contributed by atoms with E-state index in [2.05, 4.69) is 0 Å². The quantitative estimate of drug-likeness (QED) is 0.680. The number of hydrogen-bond acceptors (Lipinski definition) is 4. The van der Waals surface area contributed by atoms with Crippen molar-refractivity contribution in [3.05, 3.63) is 39.4 Å². The van der Waals surface area contributed by atoms with Crippen molar-refractivity contribution in [1.29, 1.82) is 0 Å². The van der Waals surface area contributed by atoms with E-state index in [9.17, 15) is 19.7 Å². The van der Waals surface area contributed by atoms with Crippen LogP contribution in [0.2, 0.25) is 0 Å². The molecule has 7 heteroatoms. The fourth-order valence-electron chi connectivity index (χ4n) is 2.87. The molecule has 1 aliphatic heterocycles. The molecule has 2 unspecified atom stereocenters. The summed E-state index contributed by atoms with van der Waals surface area (Å²) in [6.07, 6.45) is 0.399. The first-order valence-electron chi connectivity index (χ1n) is 7.07. The second-order valence-corrected chi connectivity index (χ2v) is 5.78. The van der Waals surface area contributed by atoms with E-state index in [1.807, 2.05) is 0 Å². The molecule has 1 saturated heterocycles. The molecule has 1 aromatic rings. The lowest BCUT2D eigenvalue weighted by atomic mass is 9.87. The van der Waals surface area contributed by atoms with Crippen LogP contribution in [0.15, 0.2) is 18.2 Å². The number of aryl methyl sites for hydroxylation is 1. The van der Waals surface area contributed by atoms with Crippen LogP contribution in [0, 0.1) is 28.9 Å². The summed E-state index contributed by atoms with van der Waals surface area (Å²) in [5.41, 5.74) is 0.801. The number of likely N-dealkylation sites (tertiary alicyclic amines) is 1. The topological polar surface area (TPSA) is 101 Å². The van der Waals surface area contributed by atoms with Gasteiger partial charge in [-0.15, -0.1) is 0 Å². The van der Waals surface area contributed by atoms with Crippen LogP contribution in [-0.2, 0) is 4.79 Å². The summed E-state index contributed by atoms with van der Waals surface area (Å²) in [6.45, 7) is 4.19. The normalized spacial score (nSPS) is 21.5. The Morgan fingerprint density at radius 3 is 2.59 bits per heavy atom. The standard InChI is InChI=1S/C15H18N2O5/c1-9-5-11(7-12(6-9)17(21)22)14(18)16-4-3-13(15(19)20)10(2)8-16/h5-7,10,13H,3-4,8H2,1-2H3,(H,19,20). The number of amides is 1. The summed E-state index contributed by atoms with van der Waals surface area (Å²) in [5, 5.41) is 20.0. The molecule has 1 fully saturated rings. The Morgan fingerprint density at radius 1 is 1.36 bits per heavy atom. The highest BCUT2D eigenvalue weighted by atomic mass is 16.6. The number of rotatable bonds is 3. The lowest BCUT2D eigenvalue weighted by Gasteiger charge is -2.35. The van der Waals surface area contributed by atoms with Crippen LogP contribution in [0.25, 0.3) is 0 Å². The average molecular weight is 306 g/mol. The van der Waals surface area contributed by atoms with E-state index in [4.69, 9.17) is 5.11 Å². The van der Waals surface area contributed by atoms with Gasteiger partial charge in [0, 0.05) is 30.8 Å². The van der Waals surface area contributed by atoms with Crippen molar-refractivity contribution in [2.45, 2.75) is 20.3 Å². The number of carboxylic acids is 1. The van der Waals surface area contributed by atoms with Gasteiger partial charge < -0.3 is 10.0 Å². The third kappa shape index (κ3) is 3.24. The van der Waals surface area contributed by atoms with Crippen LogP contribution in [0.4, 0.5) is 5.69 Å². The molecular weight excluding hydrogens is 288 g/mol. The summed E-state index contributed by atoms with van der Waals surface area (Å²) in [6, 6.07) is 4.29. The minimum atomic E-state index is -0.842. The molecule has 0 saturated carbocycles. The molecule has 0 radical (unpaired) electrons. The number of benzene rings is 1. The number of hydrogen-bond donors (Lipinski definition) is 1. The van der Waals surface area contributed by atoms with Gasteiger partial charge in [0.05, 0.1) is 10.8 Å².